The molecule has 1 rings (SSSR count). The van der Waals surface area contributed by atoms with Crippen LogP contribution < -0.4 is 9.84 Å². The first-order valence-electron chi connectivity index (χ1n) is 7.45. The van der Waals surface area contributed by atoms with Crippen LogP contribution in [0.4, 0.5) is 0 Å². The molecule has 0 bridgehead atoms. The Morgan fingerprint density at radius 3 is 2.43 bits per heavy atom. The van der Waals surface area contributed by atoms with Gasteiger partial charge < -0.3 is 19.8 Å². The zero-order valence-corrected chi connectivity index (χ0v) is 14.2. The van der Waals surface area contributed by atoms with Crippen molar-refractivity contribution in [2.75, 3.05) is 19.6 Å². The van der Waals surface area contributed by atoms with Gasteiger partial charge in [-0.15, -0.1) is 12.4 Å². The zero-order valence-electron chi connectivity index (χ0n) is 13.4. The number of carboxylic acid groups (broad SMARTS) is 1. The molecule has 1 aromatic carbocycles. The van der Waals surface area contributed by atoms with Crippen molar-refractivity contribution in [2.24, 2.45) is 0 Å². The van der Waals surface area contributed by atoms with E-state index in [1.807, 2.05) is 0 Å². The minimum absolute atomic E-state index is 0. The number of hydrogen-bond acceptors (Lipinski definition) is 5. The van der Waals surface area contributed by atoms with Gasteiger partial charge in [0.1, 0.15) is 5.75 Å². The van der Waals surface area contributed by atoms with Crippen LogP contribution in [0, 0.1) is 0 Å². The van der Waals surface area contributed by atoms with Crippen LogP contribution in [0.1, 0.15) is 43.5 Å². The topological polar surface area (TPSA) is 89.9 Å². The van der Waals surface area contributed by atoms with Gasteiger partial charge >= 0.3 is 11.9 Å². The van der Waals surface area contributed by atoms with E-state index in [0.717, 1.165) is 38.2 Å². The van der Waals surface area contributed by atoms with Crippen LogP contribution in [-0.4, -0.2) is 41.6 Å². The lowest BCUT2D eigenvalue weighted by molar-refractivity contribution is -0.268. The molecule has 0 saturated heterocycles. The summed E-state index contributed by atoms with van der Waals surface area (Å²) in [7, 11) is 0. The molecule has 0 spiro atoms. The molecular weight excluding hydrogens is 322 g/mol. The van der Waals surface area contributed by atoms with Crippen molar-refractivity contribution >= 4 is 24.3 Å². The standard InChI is InChI=1S/C16H23NO5.ClH/c1-3-17(4-2)10-6-5-7-15(19)22-12-8-9-14(18)13(11-12)16(20)21;/h8-9,11,18H,3-7,10H2,1-2H3,(H,20,21);1H/p-1. The van der Waals surface area contributed by atoms with Gasteiger partial charge in [-0.3, -0.25) is 4.79 Å². The molecule has 1 aromatic rings. The fourth-order valence-corrected chi connectivity index (χ4v) is 2.07. The van der Waals surface area contributed by atoms with E-state index in [9.17, 15) is 14.7 Å². The molecule has 0 unspecified atom stereocenters. The van der Waals surface area contributed by atoms with E-state index in [1.165, 1.54) is 6.07 Å². The number of unbranched alkanes of at least 4 members (excludes halogenated alkanes) is 1. The number of esters is 1. The van der Waals surface area contributed by atoms with Gasteiger partial charge in [0.15, 0.2) is 0 Å². The summed E-state index contributed by atoms with van der Waals surface area (Å²) < 4.78 is 5.07. The molecule has 0 heterocycles. The molecule has 0 saturated carbocycles. The Hall–Kier alpha value is -1.79. The van der Waals surface area contributed by atoms with Crippen LogP contribution in [0.2, 0.25) is 0 Å². The average molecular weight is 345 g/mol. The molecule has 7 heteroatoms. The van der Waals surface area contributed by atoms with E-state index >= 15 is 0 Å². The second-order valence-corrected chi connectivity index (χ2v) is 4.92. The number of carbonyl (C=O) groups is 2. The number of rotatable bonds is 9. The first-order valence-corrected chi connectivity index (χ1v) is 7.45. The van der Waals surface area contributed by atoms with Crippen molar-refractivity contribution in [2.45, 2.75) is 33.1 Å². The molecule has 0 radical (unpaired) electrons. The highest BCUT2D eigenvalue weighted by Crippen LogP contribution is 2.21. The van der Waals surface area contributed by atoms with Crippen LogP contribution in [-0.2, 0) is 4.79 Å². The van der Waals surface area contributed by atoms with E-state index in [2.05, 4.69) is 18.7 Å². The van der Waals surface area contributed by atoms with E-state index in [0.29, 0.717) is 6.42 Å². The molecule has 0 aliphatic heterocycles. The fourth-order valence-electron chi connectivity index (χ4n) is 2.07. The summed E-state index contributed by atoms with van der Waals surface area (Å²) in [6.07, 6.45) is 1.88. The van der Waals surface area contributed by atoms with Gasteiger partial charge in [-0.1, -0.05) is 25.7 Å². The maximum absolute atomic E-state index is 11.7. The molecule has 0 aliphatic carbocycles. The Morgan fingerprint density at radius 1 is 1.22 bits per heavy atom. The number of hydrogen-bond donors (Lipinski definition) is 1. The molecule has 0 amide bonds. The number of aromatic carboxylic acids is 1. The van der Waals surface area contributed by atoms with Crippen LogP contribution in [0.15, 0.2) is 18.2 Å². The van der Waals surface area contributed by atoms with Gasteiger partial charge in [0, 0.05) is 6.42 Å². The van der Waals surface area contributed by atoms with Gasteiger partial charge in [-0.05, 0) is 44.6 Å². The normalized spacial score (nSPS) is 10.2. The predicted octanol–water partition coefficient (Wildman–Crippen LogP) is 2.30. The van der Waals surface area contributed by atoms with E-state index in [-0.39, 0.29) is 24.6 Å². The van der Waals surface area contributed by atoms with Crippen LogP contribution in [0.25, 0.3) is 0 Å². The minimum atomic E-state index is -1.33. The van der Waals surface area contributed by atoms with E-state index in [1.54, 1.807) is 0 Å². The third-order valence-electron chi connectivity index (χ3n) is 3.41. The number of nitrogens with zero attached hydrogens (tertiary/aromatic N) is 1. The number of benzene rings is 1. The minimum Gasteiger partial charge on any atom is -0.872 e. The lowest BCUT2D eigenvalue weighted by Crippen LogP contribution is -2.24. The molecule has 130 valence electrons. The summed E-state index contributed by atoms with van der Waals surface area (Å²) in [5.41, 5.74) is -0.396. The average Bonchev–Trinajstić information content (AvgIpc) is 2.49. The highest BCUT2D eigenvalue weighted by molar-refractivity contribution is 5.91. The molecule has 6 nitrogen and oxygen atoms in total. The van der Waals surface area contributed by atoms with Gasteiger partial charge in [0.05, 0.1) is 5.56 Å². The van der Waals surface area contributed by atoms with Gasteiger partial charge in [-0.25, -0.2) is 4.79 Å². The van der Waals surface area contributed by atoms with Gasteiger partial charge in [-0.2, -0.15) is 0 Å². The monoisotopic (exact) mass is 344 g/mol. The molecule has 0 fully saturated rings. The first kappa shape index (κ1) is 21.2. The maximum Gasteiger partial charge on any atom is 0.335 e. The summed E-state index contributed by atoms with van der Waals surface area (Å²) in [6.45, 7) is 7.10. The van der Waals surface area contributed by atoms with Crippen molar-refractivity contribution in [1.29, 1.82) is 0 Å². The summed E-state index contributed by atoms with van der Waals surface area (Å²) in [5, 5.41) is 20.2. The maximum atomic E-state index is 11.7. The Kier molecular flexibility index (Phi) is 10.0. The Balaban J connectivity index is 0.00000484. The zero-order chi connectivity index (χ0) is 16.5. The third kappa shape index (κ3) is 7.34. The molecule has 1 N–H and O–H groups in total. The van der Waals surface area contributed by atoms with Crippen molar-refractivity contribution in [3.63, 3.8) is 0 Å². The van der Waals surface area contributed by atoms with Crippen molar-refractivity contribution in [3.05, 3.63) is 23.8 Å². The lowest BCUT2D eigenvalue weighted by atomic mass is 10.2. The van der Waals surface area contributed by atoms with Gasteiger partial charge in [0.2, 0.25) is 0 Å². The number of carboxylic acids is 1. The third-order valence-corrected chi connectivity index (χ3v) is 3.41. The van der Waals surface area contributed by atoms with Crippen LogP contribution in [0.3, 0.4) is 0 Å². The van der Waals surface area contributed by atoms with E-state index < -0.39 is 23.3 Å². The highest BCUT2D eigenvalue weighted by Gasteiger charge is 2.09. The quantitative estimate of drug-likeness (QED) is 0.420. The molecule has 0 aliphatic rings. The fraction of sp³-hybridized carbons (Fsp3) is 0.500. The first-order chi connectivity index (χ1) is 10.5. The Labute approximate surface area is 142 Å². The molecular formula is C16H23ClNO5-. The van der Waals surface area contributed by atoms with Crippen LogP contribution in [0.5, 0.6) is 11.5 Å². The number of ether oxygens (including phenoxy) is 1. The Bertz CT molecular complexity index is 517. The predicted molar refractivity (Wildman–Crippen MR) is 87.4 cm³/mol. The number of carbonyl (C=O) groups excluding carboxylic acids is 1. The van der Waals surface area contributed by atoms with Crippen molar-refractivity contribution in [3.8, 4) is 11.5 Å². The molecule has 23 heavy (non-hydrogen) atoms. The summed E-state index contributed by atoms with van der Waals surface area (Å²) in [5.74, 6) is -2.27. The SMILES string of the molecule is CCN(CC)CCCCC(=O)Oc1ccc([O-])c(C(=O)O)c1.Cl. The van der Waals surface area contributed by atoms with Crippen molar-refractivity contribution < 1.29 is 24.5 Å². The second-order valence-electron chi connectivity index (χ2n) is 4.92. The summed E-state index contributed by atoms with van der Waals surface area (Å²) in [4.78, 5) is 24.8. The molecule has 0 atom stereocenters. The number of halogens is 1. The van der Waals surface area contributed by atoms with Crippen molar-refractivity contribution in [1.82, 2.24) is 4.90 Å². The highest BCUT2D eigenvalue weighted by atomic mass is 35.5. The second kappa shape index (κ2) is 10.9. The summed E-state index contributed by atoms with van der Waals surface area (Å²) >= 11 is 0. The molecule has 0 aromatic heterocycles. The largest absolute Gasteiger partial charge is 0.872 e. The smallest absolute Gasteiger partial charge is 0.335 e. The van der Waals surface area contributed by atoms with Gasteiger partial charge in [0.25, 0.3) is 0 Å². The summed E-state index contributed by atoms with van der Waals surface area (Å²) in [6, 6.07) is 3.48. The lowest BCUT2D eigenvalue weighted by Gasteiger charge is -2.17. The van der Waals surface area contributed by atoms with Crippen LogP contribution >= 0.6 is 12.4 Å². The Morgan fingerprint density at radius 2 is 1.87 bits per heavy atom. The van der Waals surface area contributed by atoms with E-state index in [4.69, 9.17) is 9.84 Å².